The molecule has 0 spiro atoms. The first-order chi connectivity index (χ1) is 14.1. The van der Waals surface area contributed by atoms with Crippen LogP contribution < -0.4 is 4.74 Å². The molecule has 2 nitrogen and oxygen atoms in total. The molecule has 0 radical (unpaired) electrons. The van der Waals surface area contributed by atoms with Crippen molar-refractivity contribution in [3.63, 3.8) is 0 Å². The maximum Gasteiger partial charge on any atom is 0.180 e. The fourth-order valence-electron chi connectivity index (χ4n) is 3.16. The minimum Gasteiger partial charge on any atom is -0.491 e. The molecule has 4 rings (SSSR count). The zero-order valence-electron chi connectivity index (χ0n) is 17.1. The van der Waals surface area contributed by atoms with Crippen LogP contribution in [0.15, 0.2) is 97.3 Å². The molecule has 0 fully saturated rings. The van der Waals surface area contributed by atoms with E-state index in [1.54, 1.807) is 0 Å². The highest BCUT2D eigenvalue weighted by Gasteiger charge is 2.37. The Kier molecular flexibility index (Phi) is 6.53. The lowest BCUT2D eigenvalue weighted by atomic mass is 10.1. The van der Waals surface area contributed by atoms with Gasteiger partial charge in [-0.15, -0.1) is 0 Å². The third kappa shape index (κ3) is 4.66. The molecule has 29 heavy (non-hydrogen) atoms. The lowest BCUT2D eigenvalue weighted by Crippen LogP contribution is -2.19. The molecule has 1 aliphatic heterocycles. The van der Waals surface area contributed by atoms with E-state index in [0.29, 0.717) is 19.1 Å². The molecule has 0 aromatic heterocycles. The average molecular weight is 424 g/mol. The van der Waals surface area contributed by atoms with Gasteiger partial charge in [0.25, 0.3) is 0 Å². The Labute approximate surface area is 181 Å². The second-order valence-electron chi connectivity index (χ2n) is 7.44. The van der Waals surface area contributed by atoms with Crippen molar-refractivity contribution >= 4 is 22.7 Å². The van der Waals surface area contributed by atoms with Crippen LogP contribution in [0, 0.1) is 5.92 Å². The van der Waals surface area contributed by atoms with Gasteiger partial charge in [-0.2, -0.15) is 0 Å². The predicted molar refractivity (Wildman–Crippen MR) is 121 cm³/mol. The van der Waals surface area contributed by atoms with Crippen LogP contribution in [0.2, 0.25) is 0 Å². The van der Waals surface area contributed by atoms with Gasteiger partial charge < -0.3 is 9.47 Å². The van der Waals surface area contributed by atoms with E-state index < -0.39 is 0 Å². The summed E-state index contributed by atoms with van der Waals surface area (Å²) < 4.78 is 11.7. The Bertz CT molecular complexity index is 908. The van der Waals surface area contributed by atoms with Gasteiger partial charge in [0.15, 0.2) is 14.7 Å². The van der Waals surface area contributed by atoms with Gasteiger partial charge in [-0.3, -0.25) is 0 Å². The summed E-state index contributed by atoms with van der Waals surface area (Å²) in [5, 5.41) is 0. The summed E-state index contributed by atoms with van der Waals surface area (Å²) in [7, 11) is -0.0861. The first kappa shape index (κ1) is 20.4. The van der Waals surface area contributed by atoms with E-state index in [9.17, 15) is 0 Å². The van der Waals surface area contributed by atoms with Crippen LogP contribution in [0.1, 0.15) is 20.8 Å². The monoisotopic (exact) mass is 423 g/mol. The molecule has 0 saturated carbocycles. The van der Waals surface area contributed by atoms with E-state index in [1.807, 2.05) is 11.8 Å². The number of fused-ring (bicyclic) bond motifs is 2. The van der Waals surface area contributed by atoms with E-state index in [2.05, 4.69) is 93.6 Å². The van der Waals surface area contributed by atoms with Crippen molar-refractivity contribution in [2.75, 3.05) is 13.2 Å². The standard InChI is InChI=1S/C25H27O2S2/c1-18(2)19(3)26-16-17-27-20-12-14-21(15-13-20)29-24-10-6-4-8-22(24)28-23-9-5-7-11-25(23)29/h4-15,18-19H,16-17H2,1-3H3/q+1. The summed E-state index contributed by atoms with van der Waals surface area (Å²) in [6.45, 7) is 7.64. The van der Waals surface area contributed by atoms with Crippen molar-refractivity contribution in [2.24, 2.45) is 5.92 Å². The van der Waals surface area contributed by atoms with E-state index in [-0.39, 0.29) is 17.0 Å². The Morgan fingerprint density at radius 1 is 0.759 bits per heavy atom. The van der Waals surface area contributed by atoms with Gasteiger partial charge in [0, 0.05) is 0 Å². The molecule has 0 bridgehead atoms. The molecule has 150 valence electrons. The highest BCUT2D eigenvalue weighted by Crippen LogP contribution is 2.48. The lowest BCUT2D eigenvalue weighted by molar-refractivity contribution is 0.0188. The number of hydrogen-bond donors (Lipinski definition) is 0. The first-order valence-corrected chi connectivity index (χ1v) is 12.1. The summed E-state index contributed by atoms with van der Waals surface area (Å²) in [6.07, 6.45) is 0.256. The summed E-state index contributed by atoms with van der Waals surface area (Å²) in [5.41, 5.74) is 0. The molecule has 1 unspecified atom stereocenters. The lowest BCUT2D eigenvalue weighted by Gasteiger charge is -2.19. The van der Waals surface area contributed by atoms with Crippen molar-refractivity contribution < 1.29 is 9.47 Å². The normalized spacial score (nSPS) is 14.3. The molecule has 1 heterocycles. The summed E-state index contributed by atoms with van der Waals surface area (Å²) in [5.74, 6) is 1.42. The van der Waals surface area contributed by atoms with E-state index >= 15 is 0 Å². The molecule has 1 atom stereocenters. The van der Waals surface area contributed by atoms with Crippen molar-refractivity contribution in [1.82, 2.24) is 0 Å². The number of ether oxygens (including phenoxy) is 2. The molecule has 0 saturated heterocycles. The summed E-state index contributed by atoms with van der Waals surface area (Å²) in [4.78, 5) is 6.83. The van der Waals surface area contributed by atoms with Gasteiger partial charge in [-0.05, 0) is 61.4 Å². The molecule has 0 aliphatic carbocycles. The molecule has 0 amide bonds. The van der Waals surface area contributed by atoms with Gasteiger partial charge in [-0.1, -0.05) is 49.9 Å². The van der Waals surface area contributed by atoms with Gasteiger partial charge >= 0.3 is 0 Å². The quantitative estimate of drug-likeness (QED) is 0.244. The minimum atomic E-state index is -0.0861. The van der Waals surface area contributed by atoms with E-state index in [4.69, 9.17) is 9.47 Å². The molecular formula is C25H27O2S2+. The third-order valence-corrected chi connectivity index (χ3v) is 8.83. The third-order valence-electron chi connectivity index (χ3n) is 5.09. The zero-order chi connectivity index (χ0) is 20.2. The number of benzene rings is 3. The van der Waals surface area contributed by atoms with Crippen LogP contribution in [0.5, 0.6) is 5.75 Å². The first-order valence-electron chi connectivity index (χ1n) is 10.1. The van der Waals surface area contributed by atoms with Crippen LogP contribution in [0.3, 0.4) is 0 Å². The topological polar surface area (TPSA) is 18.5 Å². The van der Waals surface area contributed by atoms with Crippen LogP contribution in [-0.4, -0.2) is 19.3 Å². The molecular weight excluding hydrogens is 396 g/mol. The van der Waals surface area contributed by atoms with Crippen LogP contribution in [0.25, 0.3) is 0 Å². The SMILES string of the molecule is CC(C)C(C)OCCOc1ccc([S+]2c3ccccc3Sc3ccccc32)cc1. The van der Waals surface area contributed by atoms with Crippen molar-refractivity contribution in [3.8, 4) is 5.75 Å². The Hall–Kier alpha value is -1.88. The second-order valence-corrected chi connectivity index (χ2v) is 10.5. The fourth-order valence-corrected chi connectivity index (χ4v) is 6.89. The summed E-state index contributed by atoms with van der Waals surface area (Å²) in [6, 6.07) is 26.1. The largest absolute Gasteiger partial charge is 0.491 e. The van der Waals surface area contributed by atoms with Crippen molar-refractivity contribution in [2.45, 2.75) is 51.4 Å². The van der Waals surface area contributed by atoms with Crippen LogP contribution in [-0.2, 0) is 15.6 Å². The van der Waals surface area contributed by atoms with Crippen molar-refractivity contribution in [3.05, 3.63) is 72.8 Å². The number of rotatable bonds is 7. The highest BCUT2D eigenvalue weighted by atomic mass is 32.2. The average Bonchev–Trinajstić information content (AvgIpc) is 2.75. The number of hydrogen-bond acceptors (Lipinski definition) is 3. The van der Waals surface area contributed by atoms with Crippen LogP contribution >= 0.6 is 11.8 Å². The smallest absolute Gasteiger partial charge is 0.180 e. The van der Waals surface area contributed by atoms with Gasteiger partial charge in [0.2, 0.25) is 0 Å². The molecule has 1 aliphatic rings. The van der Waals surface area contributed by atoms with Gasteiger partial charge in [0.1, 0.15) is 23.3 Å². The highest BCUT2D eigenvalue weighted by molar-refractivity contribution is 8.04. The molecule has 3 aromatic carbocycles. The molecule has 4 heteroatoms. The summed E-state index contributed by atoms with van der Waals surface area (Å²) >= 11 is 1.87. The van der Waals surface area contributed by atoms with Crippen molar-refractivity contribution in [1.29, 1.82) is 0 Å². The molecule has 0 N–H and O–H groups in total. The maximum absolute atomic E-state index is 5.89. The Morgan fingerprint density at radius 3 is 1.93 bits per heavy atom. The Morgan fingerprint density at radius 2 is 1.34 bits per heavy atom. The maximum atomic E-state index is 5.89. The second kappa shape index (κ2) is 9.29. The minimum absolute atomic E-state index is 0.0861. The van der Waals surface area contributed by atoms with Crippen LogP contribution in [0.4, 0.5) is 0 Å². The zero-order valence-corrected chi connectivity index (χ0v) is 18.8. The molecule has 3 aromatic rings. The predicted octanol–water partition coefficient (Wildman–Crippen LogP) is 6.69. The fraction of sp³-hybridized carbons (Fsp3) is 0.280. The van der Waals surface area contributed by atoms with Gasteiger partial charge in [-0.25, -0.2) is 0 Å². The Balaban J connectivity index is 1.50. The van der Waals surface area contributed by atoms with Gasteiger partial charge in [0.05, 0.1) is 22.5 Å². The van der Waals surface area contributed by atoms with E-state index in [1.165, 1.54) is 24.5 Å². The van der Waals surface area contributed by atoms with E-state index in [0.717, 1.165) is 5.75 Å².